The van der Waals surface area contributed by atoms with E-state index in [1.165, 1.54) is 4.88 Å². The average Bonchev–Trinajstić information content (AvgIpc) is 3.08. The minimum absolute atomic E-state index is 0.430. The van der Waals surface area contributed by atoms with Crippen LogP contribution in [0.1, 0.15) is 5.69 Å². The molecule has 0 radical (unpaired) electrons. The quantitative estimate of drug-likeness (QED) is 0.799. The number of hydrogen-bond acceptors (Lipinski definition) is 3. The van der Waals surface area contributed by atoms with E-state index in [0.29, 0.717) is 11.6 Å². The normalized spacial score (nSPS) is 10.8. The molecule has 0 atom stereocenters. The number of nitrogens with zero attached hydrogens (tertiary/aromatic N) is 2. The van der Waals surface area contributed by atoms with Gasteiger partial charge in [0, 0.05) is 11.6 Å². The Balaban J connectivity index is 2.14. The summed E-state index contributed by atoms with van der Waals surface area (Å²) < 4.78 is 1.91. The summed E-state index contributed by atoms with van der Waals surface area (Å²) in [5.41, 5.74) is 8.60. The van der Waals surface area contributed by atoms with E-state index in [4.69, 9.17) is 17.3 Å². The molecule has 0 saturated carbocycles. The van der Waals surface area contributed by atoms with Gasteiger partial charge in [0.05, 0.1) is 22.0 Å². The Labute approximate surface area is 120 Å². The third kappa shape index (κ3) is 2.42. The van der Waals surface area contributed by atoms with Gasteiger partial charge < -0.3 is 5.73 Å². The molecule has 0 aliphatic heterocycles. The van der Waals surface area contributed by atoms with Crippen LogP contribution in [-0.2, 0) is 6.54 Å². The summed E-state index contributed by atoms with van der Waals surface area (Å²) in [6.45, 7) is 0.430. The fourth-order valence-corrected chi connectivity index (χ4v) is 2.76. The zero-order chi connectivity index (χ0) is 13.2. The van der Waals surface area contributed by atoms with Crippen molar-refractivity contribution in [1.29, 1.82) is 0 Å². The summed E-state index contributed by atoms with van der Waals surface area (Å²) in [5.74, 6) is 0. The van der Waals surface area contributed by atoms with Crippen molar-refractivity contribution in [2.24, 2.45) is 5.73 Å². The molecule has 0 aliphatic rings. The fraction of sp³-hybridized carbons (Fsp3) is 0.0714. The van der Waals surface area contributed by atoms with E-state index in [-0.39, 0.29) is 0 Å². The Bertz CT molecular complexity index is 671. The number of rotatable bonds is 3. The van der Waals surface area contributed by atoms with Crippen molar-refractivity contribution in [1.82, 2.24) is 9.78 Å². The summed E-state index contributed by atoms with van der Waals surface area (Å²) >= 11 is 7.61. The molecule has 0 spiro atoms. The maximum absolute atomic E-state index is 5.92. The molecule has 2 heterocycles. The summed E-state index contributed by atoms with van der Waals surface area (Å²) in [6, 6.07) is 13.8. The number of benzene rings is 1. The van der Waals surface area contributed by atoms with E-state index >= 15 is 0 Å². The lowest BCUT2D eigenvalue weighted by Crippen LogP contribution is -2.01. The van der Waals surface area contributed by atoms with E-state index in [0.717, 1.165) is 17.1 Å². The van der Waals surface area contributed by atoms with Crippen LogP contribution in [0.25, 0.3) is 16.3 Å². The Morgan fingerprint density at radius 3 is 2.63 bits per heavy atom. The molecule has 0 fully saturated rings. The van der Waals surface area contributed by atoms with Crippen molar-refractivity contribution in [3.05, 3.63) is 58.6 Å². The highest BCUT2D eigenvalue weighted by Gasteiger charge is 2.11. The summed E-state index contributed by atoms with van der Waals surface area (Å²) in [6.07, 6.45) is 0. The minimum atomic E-state index is 0.430. The van der Waals surface area contributed by atoms with Gasteiger partial charge in [-0.1, -0.05) is 17.7 Å². The highest BCUT2D eigenvalue weighted by molar-refractivity contribution is 7.13. The second kappa shape index (κ2) is 5.17. The molecule has 3 aromatic rings. The SMILES string of the molecule is NCc1cc(-c2cccs2)n(-c2ccc(Cl)cc2)n1. The predicted molar refractivity (Wildman–Crippen MR) is 79.8 cm³/mol. The van der Waals surface area contributed by atoms with Crippen molar-refractivity contribution in [2.45, 2.75) is 6.54 Å². The summed E-state index contributed by atoms with van der Waals surface area (Å²) in [4.78, 5) is 1.17. The summed E-state index contributed by atoms with van der Waals surface area (Å²) in [5, 5.41) is 7.31. The van der Waals surface area contributed by atoms with Crippen LogP contribution in [0.15, 0.2) is 47.8 Å². The second-order valence-corrected chi connectivity index (χ2v) is 5.47. The first-order chi connectivity index (χ1) is 9.28. The monoisotopic (exact) mass is 289 g/mol. The molecule has 96 valence electrons. The Hall–Kier alpha value is -1.62. The second-order valence-electron chi connectivity index (χ2n) is 4.09. The molecule has 5 heteroatoms. The van der Waals surface area contributed by atoms with Crippen molar-refractivity contribution < 1.29 is 0 Å². The molecular formula is C14H12ClN3S. The number of aromatic nitrogens is 2. The Morgan fingerprint density at radius 2 is 2.00 bits per heavy atom. The first kappa shape index (κ1) is 12.4. The van der Waals surface area contributed by atoms with Gasteiger partial charge in [-0.05, 0) is 41.8 Å². The molecule has 0 saturated heterocycles. The third-order valence-corrected chi connectivity index (χ3v) is 3.96. The van der Waals surface area contributed by atoms with Gasteiger partial charge in [0.2, 0.25) is 0 Å². The molecular weight excluding hydrogens is 278 g/mol. The number of hydrogen-bond donors (Lipinski definition) is 1. The van der Waals surface area contributed by atoms with E-state index in [9.17, 15) is 0 Å². The molecule has 1 aromatic carbocycles. The van der Waals surface area contributed by atoms with E-state index in [1.54, 1.807) is 11.3 Å². The van der Waals surface area contributed by atoms with Crippen molar-refractivity contribution in [3.8, 4) is 16.3 Å². The van der Waals surface area contributed by atoms with Gasteiger partial charge in [-0.3, -0.25) is 0 Å². The standard InChI is InChI=1S/C14H12ClN3S/c15-10-3-5-12(6-4-10)18-13(8-11(9-16)17-18)14-2-1-7-19-14/h1-8H,9,16H2. The highest BCUT2D eigenvalue weighted by atomic mass is 35.5. The fourth-order valence-electron chi connectivity index (χ4n) is 1.91. The average molecular weight is 290 g/mol. The van der Waals surface area contributed by atoms with Crippen molar-refractivity contribution in [3.63, 3.8) is 0 Å². The van der Waals surface area contributed by atoms with Crippen molar-refractivity contribution >= 4 is 22.9 Å². The summed E-state index contributed by atoms with van der Waals surface area (Å²) in [7, 11) is 0. The van der Waals surface area contributed by atoms with Crippen molar-refractivity contribution in [2.75, 3.05) is 0 Å². The van der Waals surface area contributed by atoms with E-state index < -0.39 is 0 Å². The molecule has 0 amide bonds. The van der Waals surface area contributed by atoms with Crippen LogP contribution in [0.3, 0.4) is 0 Å². The zero-order valence-corrected chi connectivity index (χ0v) is 11.7. The lowest BCUT2D eigenvalue weighted by Gasteiger charge is -2.05. The topological polar surface area (TPSA) is 43.8 Å². The molecule has 3 rings (SSSR count). The number of halogens is 1. The van der Waals surface area contributed by atoms with Crippen LogP contribution in [0, 0.1) is 0 Å². The van der Waals surface area contributed by atoms with Gasteiger partial charge in [-0.2, -0.15) is 5.10 Å². The smallest absolute Gasteiger partial charge is 0.0844 e. The zero-order valence-electron chi connectivity index (χ0n) is 10.1. The first-order valence-corrected chi connectivity index (χ1v) is 7.12. The van der Waals surface area contributed by atoms with Crippen LogP contribution >= 0.6 is 22.9 Å². The molecule has 0 unspecified atom stereocenters. The van der Waals surface area contributed by atoms with Gasteiger partial charge >= 0.3 is 0 Å². The largest absolute Gasteiger partial charge is 0.325 e. The maximum Gasteiger partial charge on any atom is 0.0844 e. The van der Waals surface area contributed by atoms with Crippen LogP contribution in [0.4, 0.5) is 0 Å². The third-order valence-electron chi connectivity index (χ3n) is 2.81. The van der Waals surface area contributed by atoms with Gasteiger partial charge in [0.25, 0.3) is 0 Å². The van der Waals surface area contributed by atoms with Gasteiger partial charge in [0.1, 0.15) is 0 Å². The first-order valence-electron chi connectivity index (χ1n) is 5.87. The molecule has 19 heavy (non-hydrogen) atoms. The predicted octanol–water partition coefficient (Wildman–Crippen LogP) is 3.71. The van der Waals surface area contributed by atoms with E-state index in [2.05, 4.69) is 16.5 Å². The number of nitrogens with two attached hydrogens (primary N) is 1. The highest BCUT2D eigenvalue weighted by Crippen LogP contribution is 2.28. The molecule has 2 aromatic heterocycles. The van der Waals surface area contributed by atoms with E-state index in [1.807, 2.05) is 41.1 Å². The molecule has 3 nitrogen and oxygen atoms in total. The molecule has 2 N–H and O–H groups in total. The van der Waals surface area contributed by atoms with Gasteiger partial charge in [0.15, 0.2) is 0 Å². The van der Waals surface area contributed by atoms with Crippen LogP contribution < -0.4 is 5.73 Å². The van der Waals surface area contributed by atoms with Gasteiger partial charge in [-0.25, -0.2) is 4.68 Å². The molecule has 0 bridgehead atoms. The lowest BCUT2D eigenvalue weighted by molar-refractivity contribution is 0.839. The van der Waals surface area contributed by atoms with Gasteiger partial charge in [-0.15, -0.1) is 11.3 Å². The van der Waals surface area contributed by atoms with Crippen LogP contribution in [-0.4, -0.2) is 9.78 Å². The molecule has 0 aliphatic carbocycles. The maximum atomic E-state index is 5.92. The van der Waals surface area contributed by atoms with Crippen LogP contribution in [0.5, 0.6) is 0 Å². The minimum Gasteiger partial charge on any atom is -0.325 e. The Kier molecular flexibility index (Phi) is 3.38. The lowest BCUT2D eigenvalue weighted by atomic mass is 10.3. The Morgan fingerprint density at radius 1 is 1.21 bits per heavy atom. The van der Waals surface area contributed by atoms with Crippen LogP contribution in [0.2, 0.25) is 5.02 Å². The number of thiophene rings is 1.